The predicted molar refractivity (Wildman–Crippen MR) is 58.6 cm³/mol. The van der Waals surface area contributed by atoms with Crippen LogP contribution in [0, 0.1) is 11.8 Å². The zero-order chi connectivity index (χ0) is 11.2. The number of ether oxygens (including phenoxy) is 1. The Labute approximate surface area is 91.8 Å². The zero-order valence-electron chi connectivity index (χ0n) is 10.1. The molecule has 3 unspecified atom stereocenters. The molecule has 0 spiro atoms. The first kappa shape index (κ1) is 10.8. The molecule has 1 amide bonds. The van der Waals surface area contributed by atoms with E-state index >= 15 is 0 Å². The van der Waals surface area contributed by atoms with Crippen molar-refractivity contribution in [1.29, 1.82) is 0 Å². The van der Waals surface area contributed by atoms with Crippen LogP contribution in [0.2, 0.25) is 0 Å². The molecular formula is C12H21NO2. The molecule has 1 aliphatic carbocycles. The topological polar surface area (TPSA) is 29.5 Å². The van der Waals surface area contributed by atoms with Gasteiger partial charge in [0.05, 0.1) is 0 Å². The van der Waals surface area contributed by atoms with Crippen molar-refractivity contribution in [3.05, 3.63) is 0 Å². The lowest BCUT2D eigenvalue weighted by atomic mass is 10.0. The molecule has 1 saturated carbocycles. The summed E-state index contributed by atoms with van der Waals surface area (Å²) in [5.41, 5.74) is -0.373. The van der Waals surface area contributed by atoms with E-state index in [0.717, 1.165) is 12.5 Å². The predicted octanol–water partition coefficient (Wildman–Crippen LogP) is 2.65. The van der Waals surface area contributed by atoms with Crippen LogP contribution in [-0.4, -0.2) is 29.2 Å². The highest BCUT2D eigenvalue weighted by atomic mass is 16.6. The molecule has 3 heteroatoms. The number of likely N-dealkylation sites (tertiary alicyclic amines) is 1. The van der Waals surface area contributed by atoms with Gasteiger partial charge in [0.2, 0.25) is 0 Å². The van der Waals surface area contributed by atoms with E-state index in [0.29, 0.717) is 12.0 Å². The third kappa shape index (κ3) is 2.11. The Morgan fingerprint density at radius 3 is 2.47 bits per heavy atom. The van der Waals surface area contributed by atoms with Crippen LogP contribution < -0.4 is 0 Å². The highest BCUT2D eigenvalue weighted by Gasteiger charge is 2.45. The number of rotatable bonds is 0. The van der Waals surface area contributed by atoms with Gasteiger partial charge in [0.25, 0.3) is 0 Å². The molecule has 2 fully saturated rings. The number of hydrogen-bond acceptors (Lipinski definition) is 2. The molecule has 0 radical (unpaired) electrons. The van der Waals surface area contributed by atoms with Gasteiger partial charge >= 0.3 is 6.09 Å². The quantitative estimate of drug-likeness (QED) is 0.616. The third-order valence-electron chi connectivity index (χ3n) is 3.42. The fraction of sp³-hybridized carbons (Fsp3) is 0.917. The lowest BCUT2D eigenvalue weighted by molar-refractivity contribution is 0.0142. The SMILES string of the molecule is CC1CC2CC1N(C(=O)OC(C)(C)C)C2. The number of amides is 1. The second-order valence-corrected chi connectivity index (χ2v) is 6.01. The highest BCUT2D eigenvalue weighted by molar-refractivity contribution is 5.69. The summed E-state index contributed by atoms with van der Waals surface area (Å²) in [6, 6.07) is 0.435. The van der Waals surface area contributed by atoms with Crippen molar-refractivity contribution in [3.8, 4) is 0 Å². The van der Waals surface area contributed by atoms with Crippen molar-refractivity contribution >= 4 is 6.09 Å². The van der Waals surface area contributed by atoms with E-state index in [9.17, 15) is 4.79 Å². The summed E-state index contributed by atoms with van der Waals surface area (Å²) in [5, 5.41) is 0. The molecule has 1 saturated heterocycles. The Balaban J connectivity index is 1.98. The Hall–Kier alpha value is -0.730. The van der Waals surface area contributed by atoms with E-state index in [4.69, 9.17) is 4.74 Å². The minimum atomic E-state index is -0.373. The van der Waals surface area contributed by atoms with Crippen LogP contribution in [0.15, 0.2) is 0 Å². The molecule has 0 aromatic heterocycles. The van der Waals surface area contributed by atoms with E-state index in [1.165, 1.54) is 12.8 Å². The van der Waals surface area contributed by atoms with Gasteiger partial charge in [-0.25, -0.2) is 4.79 Å². The average molecular weight is 211 g/mol. The van der Waals surface area contributed by atoms with E-state index in [1.807, 2.05) is 25.7 Å². The first-order valence-electron chi connectivity index (χ1n) is 5.86. The summed E-state index contributed by atoms with van der Waals surface area (Å²) in [7, 11) is 0. The van der Waals surface area contributed by atoms with Crippen molar-refractivity contribution in [3.63, 3.8) is 0 Å². The maximum atomic E-state index is 11.9. The molecule has 2 rings (SSSR count). The minimum absolute atomic E-state index is 0.124. The van der Waals surface area contributed by atoms with Gasteiger partial charge in [0.15, 0.2) is 0 Å². The van der Waals surface area contributed by atoms with Gasteiger partial charge in [0, 0.05) is 12.6 Å². The van der Waals surface area contributed by atoms with Crippen LogP contribution in [-0.2, 0) is 4.74 Å². The van der Waals surface area contributed by atoms with Crippen molar-refractivity contribution in [2.24, 2.45) is 11.8 Å². The van der Waals surface area contributed by atoms with E-state index in [2.05, 4.69) is 6.92 Å². The lowest BCUT2D eigenvalue weighted by Gasteiger charge is -2.33. The van der Waals surface area contributed by atoms with Crippen molar-refractivity contribution < 1.29 is 9.53 Å². The van der Waals surface area contributed by atoms with Crippen LogP contribution >= 0.6 is 0 Å². The normalized spacial score (nSPS) is 34.7. The van der Waals surface area contributed by atoms with Crippen molar-refractivity contribution in [1.82, 2.24) is 4.90 Å². The molecule has 3 nitrogen and oxygen atoms in total. The summed E-state index contributed by atoms with van der Waals surface area (Å²) < 4.78 is 5.41. The lowest BCUT2D eigenvalue weighted by Crippen LogP contribution is -2.44. The van der Waals surface area contributed by atoms with Crippen LogP contribution in [0.5, 0.6) is 0 Å². The smallest absolute Gasteiger partial charge is 0.410 e. The zero-order valence-corrected chi connectivity index (χ0v) is 10.1. The Kier molecular flexibility index (Phi) is 2.44. The van der Waals surface area contributed by atoms with E-state index < -0.39 is 0 Å². The van der Waals surface area contributed by atoms with Crippen LogP contribution in [0.4, 0.5) is 4.79 Å². The van der Waals surface area contributed by atoms with Gasteiger partial charge in [-0.1, -0.05) is 6.92 Å². The van der Waals surface area contributed by atoms with Crippen molar-refractivity contribution in [2.75, 3.05) is 6.54 Å². The minimum Gasteiger partial charge on any atom is -0.444 e. The van der Waals surface area contributed by atoms with E-state index in [-0.39, 0.29) is 11.7 Å². The molecule has 3 atom stereocenters. The fourth-order valence-electron chi connectivity index (χ4n) is 2.88. The van der Waals surface area contributed by atoms with Gasteiger partial charge in [0.1, 0.15) is 5.60 Å². The Morgan fingerprint density at radius 1 is 1.33 bits per heavy atom. The Morgan fingerprint density at radius 2 is 2.00 bits per heavy atom. The van der Waals surface area contributed by atoms with Crippen molar-refractivity contribution in [2.45, 2.75) is 52.2 Å². The number of fused-ring (bicyclic) bond motifs is 2. The highest BCUT2D eigenvalue weighted by Crippen LogP contribution is 2.41. The van der Waals surface area contributed by atoms with Gasteiger partial charge in [-0.3, -0.25) is 0 Å². The fourth-order valence-corrected chi connectivity index (χ4v) is 2.88. The number of hydrogen-bond donors (Lipinski definition) is 0. The summed E-state index contributed by atoms with van der Waals surface area (Å²) in [6.07, 6.45) is 2.34. The molecule has 15 heavy (non-hydrogen) atoms. The monoisotopic (exact) mass is 211 g/mol. The van der Waals surface area contributed by atoms with Gasteiger partial charge in [-0.05, 0) is 45.4 Å². The number of nitrogens with zero attached hydrogens (tertiary/aromatic N) is 1. The standard InChI is InChI=1S/C12H21NO2/c1-8-5-9-6-10(8)13(7-9)11(14)15-12(2,3)4/h8-10H,5-7H2,1-4H3. The molecule has 2 bridgehead atoms. The Bertz CT molecular complexity index is 269. The summed E-state index contributed by atoms with van der Waals surface area (Å²) in [6.45, 7) is 8.90. The molecule has 0 N–H and O–H groups in total. The second kappa shape index (κ2) is 3.39. The molecule has 86 valence electrons. The summed E-state index contributed by atoms with van der Waals surface area (Å²) in [4.78, 5) is 13.8. The molecule has 0 aromatic carbocycles. The second-order valence-electron chi connectivity index (χ2n) is 6.01. The molecule has 2 aliphatic rings. The number of piperidine rings is 1. The number of carbonyl (C=O) groups excluding carboxylic acids is 1. The average Bonchev–Trinajstić information content (AvgIpc) is 2.58. The van der Waals surface area contributed by atoms with Gasteiger partial charge in [-0.15, -0.1) is 0 Å². The maximum absolute atomic E-state index is 11.9. The molecular weight excluding hydrogens is 190 g/mol. The first-order chi connectivity index (χ1) is 6.87. The van der Waals surface area contributed by atoms with Crippen LogP contribution in [0.1, 0.15) is 40.5 Å². The summed E-state index contributed by atoms with van der Waals surface area (Å²) >= 11 is 0. The van der Waals surface area contributed by atoms with Crippen LogP contribution in [0.25, 0.3) is 0 Å². The van der Waals surface area contributed by atoms with E-state index in [1.54, 1.807) is 0 Å². The first-order valence-corrected chi connectivity index (χ1v) is 5.86. The maximum Gasteiger partial charge on any atom is 0.410 e. The molecule has 1 heterocycles. The number of carbonyl (C=O) groups is 1. The summed E-state index contributed by atoms with van der Waals surface area (Å²) in [5.74, 6) is 1.37. The molecule has 0 aromatic rings. The molecule has 1 aliphatic heterocycles. The third-order valence-corrected chi connectivity index (χ3v) is 3.42. The van der Waals surface area contributed by atoms with Crippen LogP contribution in [0.3, 0.4) is 0 Å². The van der Waals surface area contributed by atoms with Gasteiger partial charge in [-0.2, -0.15) is 0 Å². The largest absolute Gasteiger partial charge is 0.444 e. The van der Waals surface area contributed by atoms with Gasteiger partial charge < -0.3 is 9.64 Å².